The second-order valence-electron chi connectivity index (χ2n) is 5.88. The molecule has 26 heavy (non-hydrogen) atoms. The Balaban J connectivity index is 1.63. The molecule has 0 bridgehead atoms. The molecule has 9 heteroatoms. The fourth-order valence-corrected chi connectivity index (χ4v) is 2.72. The molecule has 1 amide bonds. The maximum absolute atomic E-state index is 12.2. The summed E-state index contributed by atoms with van der Waals surface area (Å²) in [6.07, 6.45) is 3.60. The quantitative estimate of drug-likeness (QED) is 0.540. The lowest BCUT2D eigenvalue weighted by Gasteiger charge is -2.08. The number of anilines is 1. The van der Waals surface area contributed by atoms with Gasteiger partial charge in [0.2, 0.25) is 5.91 Å². The van der Waals surface area contributed by atoms with Crippen molar-refractivity contribution in [3.8, 4) is 0 Å². The Morgan fingerprint density at radius 2 is 2.00 bits per heavy atom. The first-order valence-corrected chi connectivity index (χ1v) is 7.98. The van der Waals surface area contributed by atoms with Gasteiger partial charge in [-0.1, -0.05) is 12.1 Å². The van der Waals surface area contributed by atoms with Crippen LogP contribution in [0.2, 0.25) is 0 Å². The summed E-state index contributed by atoms with van der Waals surface area (Å²) in [5.41, 5.74) is 2.30. The van der Waals surface area contributed by atoms with Crippen molar-refractivity contribution >= 4 is 17.3 Å². The molecular weight excluding hydrogens is 336 g/mol. The van der Waals surface area contributed by atoms with Gasteiger partial charge in [0.1, 0.15) is 17.9 Å². The van der Waals surface area contributed by atoms with Crippen molar-refractivity contribution in [3.63, 3.8) is 0 Å². The molecule has 0 unspecified atom stereocenters. The van der Waals surface area contributed by atoms with Crippen molar-refractivity contribution in [1.82, 2.24) is 19.6 Å². The van der Waals surface area contributed by atoms with Gasteiger partial charge < -0.3 is 5.32 Å². The predicted molar refractivity (Wildman–Crippen MR) is 94.8 cm³/mol. The van der Waals surface area contributed by atoms with Crippen LogP contribution in [0.1, 0.15) is 17.0 Å². The van der Waals surface area contributed by atoms with Crippen LogP contribution in [0, 0.1) is 24.0 Å². The van der Waals surface area contributed by atoms with Crippen LogP contribution in [0.25, 0.3) is 0 Å². The van der Waals surface area contributed by atoms with E-state index < -0.39 is 4.92 Å². The average molecular weight is 354 g/mol. The highest BCUT2D eigenvalue weighted by molar-refractivity contribution is 5.90. The largest absolute Gasteiger partial charge is 0.324 e. The maximum Gasteiger partial charge on any atom is 0.312 e. The number of benzene rings is 1. The van der Waals surface area contributed by atoms with Gasteiger partial charge >= 0.3 is 5.69 Å². The van der Waals surface area contributed by atoms with E-state index in [-0.39, 0.29) is 18.1 Å². The van der Waals surface area contributed by atoms with Crippen molar-refractivity contribution in [1.29, 1.82) is 0 Å². The zero-order valence-electron chi connectivity index (χ0n) is 14.4. The number of nitro groups is 1. The molecule has 0 saturated heterocycles. The number of aryl methyl sites for hydroxylation is 1. The molecule has 0 atom stereocenters. The molecule has 1 aromatic carbocycles. The Morgan fingerprint density at radius 3 is 2.58 bits per heavy atom. The van der Waals surface area contributed by atoms with Crippen molar-refractivity contribution in [2.75, 3.05) is 5.32 Å². The van der Waals surface area contributed by atoms with Crippen LogP contribution in [0.3, 0.4) is 0 Å². The number of carbonyl (C=O) groups is 1. The molecule has 0 saturated carbocycles. The zero-order chi connectivity index (χ0) is 18.7. The summed E-state index contributed by atoms with van der Waals surface area (Å²) in [7, 11) is 0. The van der Waals surface area contributed by atoms with Crippen LogP contribution in [0.4, 0.5) is 11.4 Å². The van der Waals surface area contributed by atoms with Gasteiger partial charge in [-0.25, -0.2) is 0 Å². The molecule has 2 heterocycles. The lowest BCUT2D eigenvalue weighted by Crippen LogP contribution is -2.20. The lowest BCUT2D eigenvalue weighted by molar-refractivity contribution is -0.386. The van der Waals surface area contributed by atoms with Gasteiger partial charge in [0.05, 0.1) is 11.5 Å². The number of amides is 1. The summed E-state index contributed by atoms with van der Waals surface area (Å²) in [6.45, 7) is 3.69. The second-order valence-corrected chi connectivity index (χ2v) is 5.88. The Morgan fingerprint density at radius 1 is 1.27 bits per heavy atom. The summed E-state index contributed by atoms with van der Waals surface area (Å²) < 4.78 is 3.15. The zero-order valence-corrected chi connectivity index (χ0v) is 14.4. The van der Waals surface area contributed by atoms with Crippen LogP contribution < -0.4 is 5.32 Å². The molecule has 3 rings (SSSR count). The molecule has 0 aliphatic carbocycles. The minimum absolute atomic E-state index is 0.0548. The highest BCUT2D eigenvalue weighted by Crippen LogP contribution is 2.21. The standard InChI is InChI=1S/C17H18N6O3/c1-12-17(23(25)26)13(2)22(20-12)11-16(24)19-15-6-4-14(5-7-15)10-21-9-3-8-18-21/h3-9H,10-11H2,1-2H3,(H,19,24). The Bertz CT molecular complexity index is 928. The lowest BCUT2D eigenvalue weighted by atomic mass is 10.2. The van der Waals surface area contributed by atoms with Gasteiger partial charge in [-0.2, -0.15) is 10.2 Å². The normalized spacial score (nSPS) is 10.7. The summed E-state index contributed by atoms with van der Waals surface area (Å²) in [6, 6.07) is 9.29. The van der Waals surface area contributed by atoms with E-state index >= 15 is 0 Å². The number of hydrogen-bond acceptors (Lipinski definition) is 5. The molecule has 1 N–H and O–H groups in total. The Labute approximate surface area is 149 Å². The molecule has 0 radical (unpaired) electrons. The fourth-order valence-electron chi connectivity index (χ4n) is 2.72. The maximum atomic E-state index is 12.2. The van der Waals surface area contributed by atoms with Crippen LogP contribution in [-0.4, -0.2) is 30.4 Å². The van der Waals surface area contributed by atoms with E-state index in [1.165, 1.54) is 4.68 Å². The minimum Gasteiger partial charge on any atom is -0.324 e. The first kappa shape index (κ1) is 17.3. The van der Waals surface area contributed by atoms with E-state index in [4.69, 9.17) is 0 Å². The van der Waals surface area contributed by atoms with Crippen molar-refractivity contribution in [3.05, 3.63) is 69.8 Å². The van der Waals surface area contributed by atoms with Crippen LogP contribution in [0.5, 0.6) is 0 Å². The highest BCUT2D eigenvalue weighted by atomic mass is 16.6. The third-order valence-electron chi connectivity index (χ3n) is 3.96. The molecule has 0 aliphatic heterocycles. The molecule has 3 aromatic rings. The molecule has 134 valence electrons. The number of rotatable bonds is 6. The number of nitrogens with zero attached hydrogens (tertiary/aromatic N) is 5. The van der Waals surface area contributed by atoms with Gasteiger partial charge in [-0.3, -0.25) is 24.3 Å². The topological polar surface area (TPSA) is 108 Å². The third-order valence-corrected chi connectivity index (χ3v) is 3.96. The van der Waals surface area contributed by atoms with Crippen molar-refractivity contribution in [2.45, 2.75) is 26.9 Å². The monoisotopic (exact) mass is 354 g/mol. The minimum atomic E-state index is -0.482. The number of nitrogens with one attached hydrogen (secondary N) is 1. The average Bonchev–Trinajstić information content (AvgIpc) is 3.17. The Kier molecular flexibility index (Phi) is 4.78. The number of aromatic nitrogens is 4. The smallest absolute Gasteiger partial charge is 0.312 e. The van der Waals surface area contributed by atoms with Crippen LogP contribution in [0.15, 0.2) is 42.7 Å². The molecular formula is C17H18N6O3. The summed E-state index contributed by atoms with van der Waals surface area (Å²) in [5.74, 6) is -0.301. The van der Waals surface area contributed by atoms with Gasteiger partial charge in [-0.15, -0.1) is 0 Å². The van der Waals surface area contributed by atoms with E-state index in [9.17, 15) is 14.9 Å². The van der Waals surface area contributed by atoms with Gasteiger partial charge in [0.15, 0.2) is 0 Å². The van der Waals surface area contributed by atoms with Crippen molar-refractivity contribution in [2.24, 2.45) is 0 Å². The molecule has 0 spiro atoms. The van der Waals surface area contributed by atoms with E-state index in [1.807, 2.05) is 29.1 Å². The first-order chi connectivity index (χ1) is 12.4. The van der Waals surface area contributed by atoms with E-state index in [1.54, 1.807) is 32.2 Å². The van der Waals surface area contributed by atoms with E-state index in [0.29, 0.717) is 23.6 Å². The molecule has 0 aliphatic rings. The molecule has 2 aromatic heterocycles. The third kappa shape index (κ3) is 3.77. The van der Waals surface area contributed by atoms with Gasteiger partial charge in [0.25, 0.3) is 0 Å². The second kappa shape index (κ2) is 7.18. The summed E-state index contributed by atoms with van der Waals surface area (Å²) in [5, 5.41) is 22.0. The first-order valence-electron chi connectivity index (χ1n) is 7.98. The molecule has 9 nitrogen and oxygen atoms in total. The summed E-state index contributed by atoms with van der Waals surface area (Å²) >= 11 is 0. The summed E-state index contributed by atoms with van der Waals surface area (Å²) in [4.78, 5) is 22.8. The van der Waals surface area contributed by atoms with Gasteiger partial charge in [-0.05, 0) is 37.6 Å². The molecule has 0 fully saturated rings. The highest BCUT2D eigenvalue weighted by Gasteiger charge is 2.22. The van der Waals surface area contributed by atoms with E-state index in [0.717, 1.165) is 5.56 Å². The SMILES string of the molecule is Cc1nn(CC(=O)Nc2ccc(Cn3cccn3)cc2)c(C)c1[N+](=O)[O-]. The number of hydrogen-bond donors (Lipinski definition) is 1. The Hall–Kier alpha value is -3.49. The van der Waals surface area contributed by atoms with Crippen LogP contribution >= 0.6 is 0 Å². The van der Waals surface area contributed by atoms with Gasteiger partial charge in [0, 0.05) is 18.1 Å². The van der Waals surface area contributed by atoms with Crippen molar-refractivity contribution < 1.29 is 9.72 Å². The van der Waals surface area contributed by atoms with Crippen LogP contribution in [-0.2, 0) is 17.9 Å². The fraction of sp³-hybridized carbons (Fsp3) is 0.235. The predicted octanol–water partition coefficient (Wildman–Crippen LogP) is 2.29. The van der Waals surface area contributed by atoms with E-state index in [2.05, 4.69) is 15.5 Å². The number of carbonyl (C=O) groups excluding carboxylic acids is 1.